The lowest BCUT2D eigenvalue weighted by Gasteiger charge is -2.19. The van der Waals surface area contributed by atoms with Crippen molar-refractivity contribution in [1.29, 1.82) is 0 Å². The number of nitrogens with one attached hydrogen (secondary N) is 1. The first-order valence-corrected chi connectivity index (χ1v) is 11.5. The first-order chi connectivity index (χ1) is 15.6. The topological polar surface area (TPSA) is 58.2 Å². The molecule has 1 aliphatic rings. The number of carbonyl (C=O) groups excluding carboxylic acids is 1. The van der Waals surface area contributed by atoms with Crippen LogP contribution in [0.2, 0.25) is 0 Å². The Labute approximate surface area is 189 Å². The Balaban J connectivity index is 1.32. The van der Waals surface area contributed by atoms with Gasteiger partial charge >= 0.3 is 0 Å². The van der Waals surface area contributed by atoms with E-state index in [0.717, 1.165) is 54.3 Å². The number of nitrogens with zero attached hydrogens (tertiary/aromatic N) is 2. The van der Waals surface area contributed by atoms with Crippen molar-refractivity contribution in [3.63, 3.8) is 0 Å². The molecule has 0 saturated carbocycles. The van der Waals surface area contributed by atoms with E-state index in [9.17, 15) is 4.79 Å². The van der Waals surface area contributed by atoms with E-state index in [-0.39, 0.29) is 5.91 Å². The molecule has 2 aromatic heterocycles. The van der Waals surface area contributed by atoms with E-state index >= 15 is 0 Å². The highest BCUT2D eigenvalue weighted by Gasteiger charge is 2.23. The van der Waals surface area contributed by atoms with Crippen LogP contribution in [0.5, 0.6) is 5.75 Å². The fourth-order valence-corrected chi connectivity index (χ4v) is 5.34. The van der Waals surface area contributed by atoms with Gasteiger partial charge in [-0.1, -0.05) is 30.3 Å². The number of rotatable bonds is 2. The molecule has 0 saturated heterocycles. The highest BCUT2D eigenvalue weighted by atomic mass is 32.1. The summed E-state index contributed by atoms with van der Waals surface area (Å²) < 4.78 is 7.11. The van der Waals surface area contributed by atoms with Crippen LogP contribution in [0.3, 0.4) is 0 Å². The molecular weight excluding hydrogens is 418 g/mol. The van der Waals surface area contributed by atoms with Crippen LogP contribution in [0.1, 0.15) is 21.1 Å². The molecule has 158 valence electrons. The lowest BCUT2D eigenvalue weighted by molar-refractivity contribution is 0.0738. The van der Waals surface area contributed by atoms with Gasteiger partial charge in [0.05, 0.1) is 22.5 Å². The summed E-state index contributed by atoms with van der Waals surface area (Å²) >= 11 is 1.55. The average Bonchev–Trinajstić information content (AvgIpc) is 3.33. The second-order valence-corrected chi connectivity index (χ2v) is 9.18. The molecule has 0 fully saturated rings. The van der Waals surface area contributed by atoms with Crippen LogP contribution in [0, 0.1) is 6.92 Å². The lowest BCUT2D eigenvalue weighted by Crippen LogP contribution is -2.31. The molecule has 1 N–H and O–H groups in total. The van der Waals surface area contributed by atoms with Crippen LogP contribution in [-0.4, -0.2) is 33.9 Å². The zero-order chi connectivity index (χ0) is 21.7. The number of imidazole rings is 1. The number of benzene rings is 3. The summed E-state index contributed by atoms with van der Waals surface area (Å²) in [6, 6.07) is 22.6. The summed E-state index contributed by atoms with van der Waals surface area (Å²) in [4.78, 5) is 23.8. The van der Waals surface area contributed by atoms with Crippen molar-refractivity contribution in [1.82, 2.24) is 14.9 Å². The summed E-state index contributed by atoms with van der Waals surface area (Å²) in [5, 5.41) is 1.11. The van der Waals surface area contributed by atoms with Crippen molar-refractivity contribution >= 4 is 38.4 Å². The number of aromatic amines is 1. The number of fused-ring (bicyclic) bond motifs is 3. The van der Waals surface area contributed by atoms with Crippen LogP contribution in [0.25, 0.3) is 32.2 Å². The molecule has 0 unspecified atom stereocenters. The minimum Gasteiger partial charge on any atom is -0.491 e. The third-order valence-electron chi connectivity index (χ3n) is 5.90. The maximum absolute atomic E-state index is 13.3. The van der Waals surface area contributed by atoms with Crippen molar-refractivity contribution < 1.29 is 9.53 Å². The van der Waals surface area contributed by atoms with E-state index in [1.165, 1.54) is 0 Å². The van der Waals surface area contributed by atoms with Gasteiger partial charge < -0.3 is 14.6 Å². The third kappa shape index (κ3) is 3.33. The van der Waals surface area contributed by atoms with Crippen molar-refractivity contribution in [3.05, 3.63) is 83.0 Å². The third-order valence-corrected chi connectivity index (χ3v) is 7.00. The molecule has 0 bridgehead atoms. The number of aryl methyl sites for hydroxylation is 1. The fourth-order valence-electron chi connectivity index (χ4n) is 4.31. The van der Waals surface area contributed by atoms with Gasteiger partial charge in [0, 0.05) is 16.8 Å². The number of amides is 1. The van der Waals surface area contributed by atoms with Crippen molar-refractivity contribution in [3.8, 4) is 16.9 Å². The molecule has 32 heavy (non-hydrogen) atoms. The molecule has 0 spiro atoms. The Morgan fingerprint density at radius 2 is 1.91 bits per heavy atom. The number of hydrogen-bond acceptors (Lipinski definition) is 4. The molecular formula is C26H21N3O2S. The zero-order valence-electron chi connectivity index (χ0n) is 17.6. The van der Waals surface area contributed by atoms with E-state index in [4.69, 9.17) is 4.74 Å². The summed E-state index contributed by atoms with van der Waals surface area (Å²) in [5.74, 6) is 1.81. The predicted molar refractivity (Wildman–Crippen MR) is 128 cm³/mol. The highest BCUT2D eigenvalue weighted by Crippen LogP contribution is 2.32. The van der Waals surface area contributed by atoms with Gasteiger partial charge in [-0.15, -0.1) is 11.3 Å². The van der Waals surface area contributed by atoms with Crippen molar-refractivity contribution in [2.45, 2.75) is 13.5 Å². The van der Waals surface area contributed by atoms with Crippen LogP contribution in [0.4, 0.5) is 0 Å². The number of aromatic nitrogens is 2. The molecule has 5 aromatic rings. The Morgan fingerprint density at radius 1 is 1.06 bits per heavy atom. The number of thiophene rings is 1. The van der Waals surface area contributed by atoms with Gasteiger partial charge in [-0.2, -0.15) is 0 Å². The molecule has 1 aliphatic heterocycles. The molecule has 6 heteroatoms. The maximum atomic E-state index is 13.3. The monoisotopic (exact) mass is 439 g/mol. The molecule has 3 aromatic carbocycles. The van der Waals surface area contributed by atoms with Crippen LogP contribution in [0.15, 0.2) is 66.7 Å². The van der Waals surface area contributed by atoms with Crippen LogP contribution < -0.4 is 4.74 Å². The fraction of sp³-hybridized carbons (Fsp3) is 0.154. The van der Waals surface area contributed by atoms with E-state index in [0.29, 0.717) is 19.7 Å². The summed E-state index contributed by atoms with van der Waals surface area (Å²) in [6.07, 6.45) is 0. The summed E-state index contributed by atoms with van der Waals surface area (Å²) in [7, 11) is 0. The minimum absolute atomic E-state index is 0.0578. The zero-order valence-corrected chi connectivity index (χ0v) is 18.4. The molecule has 6 rings (SSSR count). The van der Waals surface area contributed by atoms with Gasteiger partial charge in [0.2, 0.25) is 0 Å². The Kier molecular flexibility index (Phi) is 4.47. The van der Waals surface area contributed by atoms with E-state index in [2.05, 4.69) is 40.3 Å². The number of H-pyrrole nitrogens is 1. The van der Waals surface area contributed by atoms with Crippen LogP contribution >= 0.6 is 11.3 Å². The lowest BCUT2D eigenvalue weighted by atomic mass is 10.0. The first kappa shape index (κ1) is 19.1. The molecule has 0 atom stereocenters. The first-order valence-electron chi connectivity index (χ1n) is 10.6. The minimum atomic E-state index is 0.0578. The summed E-state index contributed by atoms with van der Waals surface area (Å²) in [5.41, 5.74) is 5.21. The van der Waals surface area contributed by atoms with Crippen LogP contribution in [-0.2, 0) is 6.54 Å². The normalized spacial score (nSPS) is 13.7. The van der Waals surface area contributed by atoms with Gasteiger partial charge in [0.1, 0.15) is 18.2 Å². The Bertz CT molecular complexity index is 1450. The molecule has 0 aliphatic carbocycles. The SMILES string of the molecule is Cc1nc2ccc(-c3ccc4c(c3)CN(C(=O)c3cc5ccccc5s3)CCO4)cc2[nH]1. The summed E-state index contributed by atoms with van der Waals surface area (Å²) in [6.45, 7) is 3.54. The van der Waals surface area contributed by atoms with Gasteiger partial charge in [-0.25, -0.2) is 4.98 Å². The quantitative estimate of drug-likeness (QED) is 0.379. The van der Waals surface area contributed by atoms with Gasteiger partial charge in [-0.05, 0) is 59.8 Å². The van der Waals surface area contributed by atoms with Gasteiger partial charge in [0.15, 0.2) is 0 Å². The number of carbonyl (C=O) groups is 1. The number of hydrogen-bond donors (Lipinski definition) is 1. The maximum Gasteiger partial charge on any atom is 0.264 e. The van der Waals surface area contributed by atoms with E-state index < -0.39 is 0 Å². The number of ether oxygens (including phenoxy) is 1. The van der Waals surface area contributed by atoms with E-state index in [1.807, 2.05) is 48.2 Å². The second-order valence-electron chi connectivity index (χ2n) is 8.10. The molecule has 0 radical (unpaired) electrons. The highest BCUT2D eigenvalue weighted by molar-refractivity contribution is 7.20. The second kappa shape index (κ2) is 7.50. The molecule has 3 heterocycles. The Morgan fingerprint density at radius 3 is 2.81 bits per heavy atom. The van der Waals surface area contributed by atoms with E-state index in [1.54, 1.807) is 11.3 Å². The largest absolute Gasteiger partial charge is 0.491 e. The standard InChI is InChI=1S/C26H21N3O2S/c1-16-27-21-8-6-18(13-22(21)28-16)17-7-9-23-20(12-17)15-29(10-11-31-23)26(30)25-14-19-4-2-3-5-24(19)32-25/h2-9,12-14H,10-11,15H2,1H3,(H,27,28). The molecule has 1 amide bonds. The van der Waals surface area contributed by atoms with Crippen molar-refractivity contribution in [2.24, 2.45) is 0 Å². The smallest absolute Gasteiger partial charge is 0.264 e. The molecule has 5 nitrogen and oxygen atoms in total. The Hall–Kier alpha value is -3.64. The van der Waals surface area contributed by atoms with Gasteiger partial charge in [0.25, 0.3) is 5.91 Å². The predicted octanol–water partition coefficient (Wildman–Crippen LogP) is 5.79. The van der Waals surface area contributed by atoms with Gasteiger partial charge in [-0.3, -0.25) is 4.79 Å². The average molecular weight is 440 g/mol. The van der Waals surface area contributed by atoms with Crippen molar-refractivity contribution in [2.75, 3.05) is 13.2 Å².